The highest BCUT2D eigenvalue weighted by Gasteiger charge is 2.24. The molecule has 1 amide bonds. The van der Waals surface area contributed by atoms with Crippen LogP contribution in [0.1, 0.15) is 34.3 Å². The molecule has 0 aliphatic rings. The van der Waals surface area contributed by atoms with Gasteiger partial charge < -0.3 is 5.32 Å². The minimum Gasteiger partial charge on any atom is -0.349 e. The van der Waals surface area contributed by atoms with Crippen LogP contribution in [-0.2, 0) is 6.42 Å². The van der Waals surface area contributed by atoms with Crippen molar-refractivity contribution in [2.45, 2.75) is 25.3 Å². The van der Waals surface area contributed by atoms with Crippen LogP contribution in [0.3, 0.4) is 0 Å². The maximum absolute atomic E-state index is 12.8. The van der Waals surface area contributed by atoms with E-state index in [2.05, 4.69) is 10.3 Å². The molecule has 0 fully saturated rings. The van der Waals surface area contributed by atoms with Crippen LogP contribution >= 0.6 is 46.4 Å². The molecule has 0 aliphatic heterocycles. The van der Waals surface area contributed by atoms with Crippen molar-refractivity contribution < 1.29 is 4.79 Å². The minimum absolute atomic E-state index is 0.00298. The van der Waals surface area contributed by atoms with Gasteiger partial charge in [0.2, 0.25) is 0 Å². The lowest BCUT2D eigenvalue weighted by Gasteiger charge is -2.26. The normalized spacial score (nSPS) is 13.0. The standard InChI is InChI=1S/C22H18Cl4N2O/c1-13(28-22(29)21-19(25)11-27-12-20(21)26)18(15-4-8-17(24)9-5-15)10-14-2-6-16(23)7-3-14/h2-9,11-13,18H,10H2,1H3,(H,28,29). The molecule has 1 heterocycles. The van der Waals surface area contributed by atoms with Crippen molar-refractivity contribution in [2.75, 3.05) is 0 Å². The number of carbonyl (C=O) groups excluding carboxylic acids is 1. The van der Waals surface area contributed by atoms with Crippen molar-refractivity contribution in [3.63, 3.8) is 0 Å². The van der Waals surface area contributed by atoms with Crippen molar-refractivity contribution in [1.29, 1.82) is 0 Å². The highest BCUT2D eigenvalue weighted by atomic mass is 35.5. The summed E-state index contributed by atoms with van der Waals surface area (Å²) >= 11 is 24.3. The van der Waals surface area contributed by atoms with Gasteiger partial charge in [0.05, 0.1) is 15.6 Å². The number of rotatable bonds is 6. The van der Waals surface area contributed by atoms with E-state index in [1.165, 1.54) is 12.4 Å². The molecule has 0 saturated carbocycles. The lowest BCUT2D eigenvalue weighted by atomic mass is 9.86. The van der Waals surface area contributed by atoms with Crippen LogP contribution in [-0.4, -0.2) is 16.9 Å². The van der Waals surface area contributed by atoms with Crippen molar-refractivity contribution in [1.82, 2.24) is 10.3 Å². The van der Waals surface area contributed by atoms with Gasteiger partial charge in [-0.15, -0.1) is 0 Å². The third-order valence-corrected chi connectivity index (χ3v) is 5.79. The van der Waals surface area contributed by atoms with Gasteiger partial charge in [-0.2, -0.15) is 0 Å². The van der Waals surface area contributed by atoms with E-state index in [4.69, 9.17) is 46.4 Å². The Labute approximate surface area is 190 Å². The number of hydrogen-bond acceptors (Lipinski definition) is 2. The highest BCUT2D eigenvalue weighted by molar-refractivity contribution is 6.39. The Morgan fingerprint density at radius 1 is 0.897 bits per heavy atom. The van der Waals surface area contributed by atoms with E-state index >= 15 is 0 Å². The fraction of sp³-hybridized carbons (Fsp3) is 0.182. The molecule has 3 rings (SSSR count). The van der Waals surface area contributed by atoms with Gasteiger partial charge in [0, 0.05) is 34.4 Å². The SMILES string of the molecule is CC(NC(=O)c1c(Cl)cncc1Cl)C(Cc1ccc(Cl)cc1)c1ccc(Cl)cc1. The Bertz CT molecular complexity index is 970. The summed E-state index contributed by atoms with van der Waals surface area (Å²) < 4.78 is 0. The Balaban J connectivity index is 1.87. The summed E-state index contributed by atoms with van der Waals surface area (Å²) in [5.74, 6) is -0.346. The quantitative estimate of drug-likeness (QED) is 0.431. The van der Waals surface area contributed by atoms with Crippen LogP contribution < -0.4 is 5.32 Å². The van der Waals surface area contributed by atoms with E-state index in [-0.39, 0.29) is 33.5 Å². The van der Waals surface area contributed by atoms with E-state index in [0.717, 1.165) is 11.1 Å². The first-order valence-electron chi connectivity index (χ1n) is 8.95. The van der Waals surface area contributed by atoms with Gasteiger partial charge in [-0.3, -0.25) is 9.78 Å². The summed E-state index contributed by atoms with van der Waals surface area (Å²) in [5.41, 5.74) is 2.39. The summed E-state index contributed by atoms with van der Waals surface area (Å²) in [7, 11) is 0. The maximum atomic E-state index is 12.8. The van der Waals surface area contributed by atoms with Crippen molar-refractivity contribution in [2.24, 2.45) is 0 Å². The molecule has 0 radical (unpaired) electrons. The van der Waals surface area contributed by atoms with Gasteiger partial charge in [-0.25, -0.2) is 0 Å². The van der Waals surface area contributed by atoms with Crippen molar-refractivity contribution >= 4 is 52.3 Å². The zero-order valence-corrected chi connectivity index (χ0v) is 18.5. The molecule has 7 heteroatoms. The Kier molecular flexibility index (Phi) is 7.42. The number of hydrogen-bond donors (Lipinski definition) is 1. The van der Waals surface area contributed by atoms with E-state index < -0.39 is 0 Å². The van der Waals surface area contributed by atoms with Crippen LogP contribution in [0, 0.1) is 0 Å². The lowest BCUT2D eigenvalue weighted by molar-refractivity contribution is 0.0934. The molecule has 3 aromatic rings. The highest BCUT2D eigenvalue weighted by Crippen LogP contribution is 2.28. The number of nitrogens with zero attached hydrogens (tertiary/aromatic N) is 1. The third kappa shape index (κ3) is 5.64. The molecule has 2 atom stereocenters. The number of aromatic nitrogens is 1. The largest absolute Gasteiger partial charge is 0.349 e. The van der Waals surface area contributed by atoms with Crippen molar-refractivity contribution in [3.8, 4) is 0 Å². The average Bonchev–Trinajstić information content (AvgIpc) is 2.68. The van der Waals surface area contributed by atoms with Crippen molar-refractivity contribution in [3.05, 3.63) is 97.7 Å². The van der Waals surface area contributed by atoms with Crippen LogP contribution in [0.5, 0.6) is 0 Å². The van der Waals surface area contributed by atoms with E-state index in [1.54, 1.807) is 0 Å². The monoisotopic (exact) mass is 466 g/mol. The van der Waals surface area contributed by atoms with Gasteiger partial charge in [0.15, 0.2) is 0 Å². The van der Waals surface area contributed by atoms with Gasteiger partial charge in [-0.05, 0) is 48.7 Å². The molecule has 150 valence electrons. The number of nitrogens with one attached hydrogen (secondary N) is 1. The second-order valence-electron chi connectivity index (χ2n) is 6.73. The molecule has 0 spiro atoms. The minimum atomic E-state index is -0.343. The maximum Gasteiger partial charge on any atom is 0.254 e. The molecule has 2 aromatic carbocycles. The zero-order chi connectivity index (χ0) is 21.0. The van der Waals surface area contributed by atoms with Gasteiger partial charge in [0.1, 0.15) is 0 Å². The first-order chi connectivity index (χ1) is 13.8. The number of carbonyl (C=O) groups is 1. The van der Waals surface area contributed by atoms with Gasteiger partial charge >= 0.3 is 0 Å². The third-order valence-electron chi connectivity index (χ3n) is 4.71. The molecule has 1 N–H and O–H groups in total. The molecular weight excluding hydrogens is 450 g/mol. The van der Waals surface area contributed by atoms with E-state index in [9.17, 15) is 4.79 Å². The molecule has 0 bridgehead atoms. The van der Waals surface area contributed by atoms with Gasteiger partial charge in [-0.1, -0.05) is 70.7 Å². The van der Waals surface area contributed by atoms with E-state index in [1.807, 2.05) is 55.5 Å². The molecule has 29 heavy (non-hydrogen) atoms. The summed E-state index contributed by atoms with van der Waals surface area (Å²) in [6.07, 6.45) is 3.51. The lowest BCUT2D eigenvalue weighted by Crippen LogP contribution is -2.38. The fourth-order valence-corrected chi connectivity index (χ4v) is 3.96. The number of pyridine rings is 1. The smallest absolute Gasteiger partial charge is 0.254 e. The topological polar surface area (TPSA) is 42.0 Å². The van der Waals surface area contributed by atoms with E-state index in [0.29, 0.717) is 16.5 Å². The number of amides is 1. The summed E-state index contributed by atoms with van der Waals surface area (Å²) in [6.45, 7) is 1.95. The summed E-state index contributed by atoms with van der Waals surface area (Å²) in [6, 6.07) is 15.1. The van der Waals surface area contributed by atoms with Crippen LogP contribution in [0.2, 0.25) is 20.1 Å². The first kappa shape index (κ1) is 21.9. The Morgan fingerprint density at radius 3 is 1.97 bits per heavy atom. The zero-order valence-electron chi connectivity index (χ0n) is 15.5. The number of halogens is 4. The van der Waals surface area contributed by atoms with Crippen LogP contribution in [0.15, 0.2) is 60.9 Å². The fourth-order valence-electron chi connectivity index (χ4n) is 3.18. The predicted molar refractivity (Wildman–Crippen MR) is 121 cm³/mol. The number of benzene rings is 2. The van der Waals surface area contributed by atoms with Crippen LogP contribution in [0.4, 0.5) is 0 Å². The molecule has 3 nitrogen and oxygen atoms in total. The summed E-state index contributed by atoms with van der Waals surface area (Å²) in [5, 5.41) is 4.79. The summed E-state index contributed by atoms with van der Waals surface area (Å²) in [4.78, 5) is 16.7. The molecule has 0 aliphatic carbocycles. The molecule has 2 unspecified atom stereocenters. The Morgan fingerprint density at radius 2 is 1.41 bits per heavy atom. The molecule has 0 saturated heterocycles. The second-order valence-corrected chi connectivity index (χ2v) is 8.42. The van der Waals surface area contributed by atoms with Gasteiger partial charge in [0.25, 0.3) is 5.91 Å². The predicted octanol–water partition coefficient (Wildman–Crippen LogP) is 6.84. The average molecular weight is 468 g/mol. The van der Waals surface area contributed by atoms with Crippen LogP contribution in [0.25, 0.3) is 0 Å². The molecule has 1 aromatic heterocycles. The first-order valence-corrected chi connectivity index (χ1v) is 10.5. The second kappa shape index (κ2) is 9.82. The molecular formula is C22H18Cl4N2O. The Hall–Kier alpha value is -1.78.